The van der Waals surface area contributed by atoms with E-state index in [-0.39, 0.29) is 5.82 Å². The molecule has 0 spiro atoms. The fraction of sp³-hybridized carbons (Fsp3) is 0.571. The van der Waals surface area contributed by atoms with E-state index in [0.29, 0.717) is 6.04 Å². The van der Waals surface area contributed by atoms with Gasteiger partial charge in [0.15, 0.2) is 0 Å². The molecule has 2 saturated heterocycles. The van der Waals surface area contributed by atoms with Crippen molar-refractivity contribution in [1.82, 2.24) is 10.2 Å². The topological polar surface area (TPSA) is 18.5 Å². The second-order valence-corrected chi connectivity index (χ2v) is 5.17. The van der Waals surface area contributed by atoms with Gasteiger partial charge in [-0.1, -0.05) is 0 Å². The number of hydrogen-bond acceptors (Lipinski definition) is 3. The van der Waals surface area contributed by atoms with Crippen LogP contribution in [-0.4, -0.2) is 50.2 Å². The molecule has 2 heterocycles. The Bertz CT molecular complexity index is 379. The van der Waals surface area contributed by atoms with E-state index in [1.54, 1.807) is 12.1 Å². The van der Waals surface area contributed by atoms with Crippen LogP contribution in [0.15, 0.2) is 24.3 Å². The first-order chi connectivity index (χ1) is 8.83. The zero-order valence-electron chi connectivity index (χ0n) is 10.6. The highest BCUT2D eigenvalue weighted by Crippen LogP contribution is 2.24. The van der Waals surface area contributed by atoms with Crippen LogP contribution in [0.2, 0.25) is 0 Å². The second kappa shape index (κ2) is 5.24. The number of anilines is 1. The molecular formula is C14H20FN3. The van der Waals surface area contributed by atoms with E-state index in [1.807, 2.05) is 12.1 Å². The minimum Gasteiger partial charge on any atom is -0.368 e. The molecular weight excluding hydrogens is 229 g/mol. The summed E-state index contributed by atoms with van der Waals surface area (Å²) in [5.41, 5.74) is 1.14. The van der Waals surface area contributed by atoms with E-state index in [9.17, 15) is 4.39 Å². The molecule has 0 bridgehead atoms. The molecule has 0 aliphatic carbocycles. The Balaban J connectivity index is 1.54. The van der Waals surface area contributed by atoms with Crippen LogP contribution in [0.3, 0.4) is 0 Å². The van der Waals surface area contributed by atoms with Crippen LogP contribution in [0.25, 0.3) is 0 Å². The van der Waals surface area contributed by atoms with E-state index in [1.165, 1.54) is 13.0 Å². The Morgan fingerprint density at radius 1 is 1.06 bits per heavy atom. The fourth-order valence-electron chi connectivity index (χ4n) is 2.78. The number of benzene rings is 1. The molecule has 0 amide bonds. The Labute approximate surface area is 108 Å². The van der Waals surface area contributed by atoms with E-state index in [2.05, 4.69) is 15.1 Å². The van der Waals surface area contributed by atoms with Gasteiger partial charge < -0.3 is 10.2 Å². The normalized spacial score (nSPS) is 22.6. The minimum absolute atomic E-state index is 0.158. The van der Waals surface area contributed by atoms with E-state index >= 15 is 0 Å². The van der Waals surface area contributed by atoms with Gasteiger partial charge in [0, 0.05) is 37.9 Å². The van der Waals surface area contributed by atoms with Crippen LogP contribution in [0.4, 0.5) is 10.1 Å². The van der Waals surface area contributed by atoms with Crippen LogP contribution >= 0.6 is 0 Å². The van der Waals surface area contributed by atoms with Crippen molar-refractivity contribution in [2.45, 2.75) is 12.5 Å². The zero-order valence-corrected chi connectivity index (χ0v) is 10.6. The molecule has 4 heteroatoms. The van der Waals surface area contributed by atoms with Crippen molar-refractivity contribution in [1.29, 1.82) is 0 Å². The highest BCUT2D eigenvalue weighted by Gasteiger charge is 2.31. The maximum atomic E-state index is 12.9. The molecule has 0 radical (unpaired) electrons. The molecule has 1 N–H and O–H groups in total. The molecule has 2 aliphatic heterocycles. The zero-order chi connectivity index (χ0) is 12.4. The Morgan fingerprint density at radius 3 is 2.61 bits per heavy atom. The van der Waals surface area contributed by atoms with Gasteiger partial charge in [-0.05, 0) is 43.8 Å². The van der Waals surface area contributed by atoms with Gasteiger partial charge in [0.1, 0.15) is 5.82 Å². The second-order valence-electron chi connectivity index (χ2n) is 5.17. The summed E-state index contributed by atoms with van der Waals surface area (Å²) >= 11 is 0. The molecule has 3 rings (SSSR count). The first-order valence-electron chi connectivity index (χ1n) is 6.78. The molecule has 98 valence electrons. The SMILES string of the molecule is Fc1ccc(N2CC(N3CCCNCC3)C2)cc1. The molecule has 0 atom stereocenters. The summed E-state index contributed by atoms with van der Waals surface area (Å²) in [6, 6.07) is 7.50. The molecule has 1 aromatic carbocycles. The summed E-state index contributed by atoms with van der Waals surface area (Å²) in [5.74, 6) is -0.158. The monoisotopic (exact) mass is 249 g/mol. The van der Waals surface area contributed by atoms with Gasteiger partial charge in [0.25, 0.3) is 0 Å². The quantitative estimate of drug-likeness (QED) is 0.852. The number of halogens is 1. The summed E-state index contributed by atoms with van der Waals surface area (Å²) in [5, 5.41) is 3.43. The lowest BCUT2D eigenvalue weighted by Gasteiger charge is -2.46. The van der Waals surface area contributed by atoms with Gasteiger partial charge in [0.2, 0.25) is 0 Å². The third kappa shape index (κ3) is 2.49. The lowest BCUT2D eigenvalue weighted by atomic mass is 10.1. The maximum Gasteiger partial charge on any atom is 0.123 e. The lowest BCUT2D eigenvalue weighted by molar-refractivity contribution is 0.177. The van der Waals surface area contributed by atoms with Gasteiger partial charge in [-0.3, -0.25) is 4.90 Å². The van der Waals surface area contributed by atoms with Crippen molar-refractivity contribution >= 4 is 5.69 Å². The predicted octanol–water partition coefficient (Wildman–Crippen LogP) is 1.31. The van der Waals surface area contributed by atoms with Crippen molar-refractivity contribution in [2.75, 3.05) is 44.2 Å². The maximum absolute atomic E-state index is 12.9. The van der Waals surface area contributed by atoms with Crippen LogP contribution in [-0.2, 0) is 0 Å². The highest BCUT2D eigenvalue weighted by atomic mass is 19.1. The molecule has 2 aliphatic rings. The number of nitrogens with one attached hydrogen (secondary N) is 1. The standard InChI is InChI=1S/C14H20FN3/c15-12-2-4-13(5-3-12)18-10-14(11-18)17-8-1-6-16-7-9-17/h2-5,14,16H,1,6-11H2. The van der Waals surface area contributed by atoms with Crippen molar-refractivity contribution in [3.63, 3.8) is 0 Å². The lowest BCUT2D eigenvalue weighted by Crippen LogP contribution is -2.60. The number of nitrogens with zero attached hydrogens (tertiary/aromatic N) is 2. The third-order valence-electron chi connectivity index (χ3n) is 3.95. The summed E-state index contributed by atoms with van der Waals surface area (Å²) in [6.45, 7) is 6.76. The molecule has 1 aromatic rings. The van der Waals surface area contributed by atoms with Gasteiger partial charge >= 0.3 is 0 Å². The first-order valence-corrected chi connectivity index (χ1v) is 6.78. The van der Waals surface area contributed by atoms with Crippen LogP contribution in [0.1, 0.15) is 6.42 Å². The summed E-state index contributed by atoms with van der Waals surface area (Å²) < 4.78 is 12.9. The molecule has 0 saturated carbocycles. The molecule has 0 aromatic heterocycles. The smallest absolute Gasteiger partial charge is 0.123 e. The van der Waals surface area contributed by atoms with E-state index in [0.717, 1.165) is 38.4 Å². The van der Waals surface area contributed by atoms with Crippen LogP contribution in [0, 0.1) is 5.82 Å². The van der Waals surface area contributed by atoms with Crippen LogP contribution < -0.4 is 10.2 Å². The Morgan fingerprint density at radius 2 is 1.83 bits per heavy atom. The van der Waals surface area contributed by atoms with E-state index < -0.39 is 0 Å². The van der Waals surface area contributed by atoms with Crippen molar-refractivity contribution in [3.8, 4) is 0 Å². The van der Waals surface area contributed by atoms with Crippen LogP contribution in [0.5, 0.6) is 0 Å². The summed E-state index contributed by atoms with van der Waals surface area (Å²) in [7, 11) is 0. The van der Waals surface area contributed by atoms with Gasteiger partial charge in [-0.15, -0.1) is 0 Å². The summed E-state index contributed by atoms with van der Waals surface area (Å²) in [4.78, 5) is 4.91. The molecule has 18 heavy (non-hydrogen) atoms. The van der Waals surface area contributed by atoms with Gasteiger partial charge in [-0.2, -0.15) is 0 Å². The minimum atomic E-state index is -0.158. The molecule has 0 unspecified atom stereocenters. The number of rotatable bonds is 2. The largest absolute Gasteiger partial charge is 0.368 e. The van der Waals surface area contributed by atoms with Gasteiger partial charge in [-0.25, -0.2) is 4.39 Å². The van der Waals surface area contributed by atoms with Crippen molar-refractivity contribution in [2.24, 2.45) is 0 Å². The van der Waals surface area contributed by atoms with Crippen molar-refractivity contribution < 1.29 is 4.39 Å². The fourth-order valence-corrected chi connectivity index (χ4v) is 2.78. The number of hydrogen-bond donors (Lipinski definition) is 1. The average Bonchev–Trinajstić information content (AvgIpc) is 2.59. The van der Waals surface area contributed by atoms with E-state index in [4.69, 9.17) is 0 Å². The molecule has 2 fully saturated rings. The Hall–Kier alpha value is -1.13. The summed E-state index contributed by atoms with van der Waals surface area (Å²) in [6.07, 6.45) is 1.24. The molecule has 3 nitrogen and oxygen atoms in total. The third-order valence-corrected chi connectivity index (χ3v) is 3.95. The first kappa shape index (κ1) is 11.9. The van der Waals surface area contributed by atoms with Gasteiger partial charge in [0.05, 0.1) is 0 Å². The predicted molar refractivity (Wildman–Crippen MR) is 71.5 cm³/mol. The average molecular weight is 249 g/mol. The van der Waals surface area contributed by atoms with Crippen molar-refractivity contribution in [3.05, 3.63) is 30.1 Å². The highest BCUT2D eigenvalue weighted by molar-refractivity contribution is 5.49. The Kier molecular flexibility index (Phi) is 3.48.